The SMILES string of the molecule is C=CC[C@@H]1CCO[C@@H]2[C@@H](C1)CN(C(=O)OC(C)(C)C)[C@@H]2C(=O)N[C@@H]([C@H]1OC(SC)[C@H](O)C(O)[C@@H]1O)[C@H](C)Cl. The third kappa shape index (κ3) is 7.16. The topological polar surface area (TPSA) is 138 Å². The van der Waals surface area contributed by atoms with Crippen molar-refractivity contribution in [3.63, 3.8) is 0 Å². The van der Waals surface area contributed by atoms with Gasteiger partial charge in [0, 0.05) is 19.1 Å². The van der Waals surface area contributed by atoms with Crippen LogP contribution >= 0.6 is 23.4 Å². The lowest BCUT2D eigenvalue weighted by molar-refractivity contribution is -0.205. The highest BCUT2D eigenvalue weighted by molar-refractivity contribution is 7.99. The maximum absolute atomic E-state index is 13.9. The molecule has 0 saturated carbocycles. The fourth-order valence-electron chi connectivity index (χ4n) is 5.58. The van der Waals surface area contributed by atoms with Crippen LogP contribution in [0.25, 0.3) is 0 Å². The van der Waals surface area contributed by atoms with Crippen molar-refractivity contribution in [3.8, 4) is 0 Å². The van der Waals surface area contributed by atoms with Crippen LogP contribution in [-0.4, -0.2) is 111 Å². The lowest BCUT2D eigenvalue weighted by Crippen LogP contribution is -2.65. The van der Waals surface area contributed by atoms with Gasteiger partial charge in [-0.2, -0.15) is 0 Å². The number of aliphatic hydroxyl groups is 3. The number of hydrogen-bond acceptors (Lipinski definition) is 9. The molecule has 3 saturated heterocycles. The fourth-order valence-corrected chi connectivity index (χ4v) is 6.47. The first-order chi connectivity index (χ1) is 17.8. The minimum absolute atomic E-state index is 0.0769. The van der Waals surface area contributed by atoms with E-state index in [1.165, 1.54) is 16.7 Å². The largest absolute Gasteiger partial charge is 0.444 e. The van der Waals surface area contributed by atoms with Gasteiger partial charge in [-0.1, -0.05) is 6.08 Å². The second-order valence-electron chi connectivity index (χ2n) is 11.5. The van der Waals surface area contributed by atoms with E-state index < -0.39 is 71.0 Å². The summed E-state index contributed by atoms with van der Waals surface area (Å²) in [4.78, 5) is 28.6. The number of alkyl halides is 1. The number of thioether (sulfide) groups is 1. The van der Waals surface area contributed by atoms with Crippen LogP contribution in [0, 0.1) is 11.8 Å². The molecule has 3 rings (SSSR count). The molecular formula is C26H43ClN2O8S. The minimum Gasteiger partial charge on any atom is -0.444 e. The van der Waals surface area contributed by atoms with E-state index >= 15 is 0 Å². The summed E-state index contributed by atoms with van der Waals surface area (Å²) in [5.74, 6) is -0.255. The van der Waals surface area contributed by atoms with Crippen LogP contribution in [-0.2, 0) is 19.0 Å². The van der Waals surface area contributed by atoms with Gasteiger partial charge in [-0.25, -0.2) is 4.79 Å². The second kappa shape index (κ2) is 13.1. The Bertz CT molecular complexity index is 841. The Morgan fingerprint density at radius 3 is 2.53 bits per heavy atom. The maximum Gasteiger partial charge on any atom is 0.411 e. The van der Waals surface area contributed by atoms with E-state index in [0.29, 0.717) is 19.1 Å². The van der Waals surface area contributed by atoms with Crippen molar-refractivity contribution in [3.05, 3.63) is 12.7 Å². The number of nitrogens with zero attached hydrogens (tertiary/aromatic N) is 1. The highest BCUT2D eigenvalue weighted by Crippen LogP contribution is 2.37. The second-order valence-corrected chi connectivity index (χ2v) is 13.1. The van der Waals surface area contributed by atoms with Gasteiger partial charge >= 0.3 is 6.09 Å². The predicted octanol–water partition coefficient (Wildman–Crippen LogP) is 1.88. The molecule has 3 heterocycles. The van der Waals surface area contributed by atoms with Crippen molar-refractivity contribution < 1.29 is 39.1 Å². The van der Waals surface area contributed by atoms with Gasteiger partial charge in [0.25, 0.3) is 0 Å². The van der Waals surface area contributed by atoms with E-state index in [1.54, 1.807) is 34.0 Å². The van der Waals surface area contributed by atoms with Crippen molar-refractivity contribution >= 4 is 35.4 Å². The van der Waals surface area contributed by atoms with Crippen LogP contribution in [0.4, 0.5) is 4.79 Å². The number of fused-ring (bicyclic) bond motifs is 1. The van der Waals surface area contributed by atoms with Crippen LogP contribution < -0.4 is 5.32 Å². The number of aliphatic hydroxyl groups excluding tert-OH is 3. The lowest BCUT2D eigenvalue weighted by atomic mass is 9.88. The van der Waals surface area contributed by atoms with Crippen LogP contribution in [0.2, 0.25) is 0 Å². The van der Waals surface area contributed by atoms with Crippen LogP contribution in [0.1, 0.15) is 47.0 Å². The summed E-state index contributed by atoms with van der Waals surface area (Å²) in [6, 6.07) is -1.92. The zero-order chi connectivity index (χ0) is 28.4. The third-order valence-electron chi connectivity index (χ3n) is 7.41. The van der Waals surface area contributed by atoms with Crippen molar-refractivity contribution in [2.75, 3.05) is 19.4 Å². The molecule has 3 aliphatic heterocycles. The summed E-state index contributed by atoms with van der Waals surface area (Å²) in [6.45, 7) is 11.5. The first-order valence-corrected chi connectivity index (χ1v) is 14.9. The molecule has 10 nitrogen and oxygen atoms in total. The summed E-state index contributed by atoms with van der Waals surface area (Å²) in [7, 11) is 0. The van der Waals surface area contributed by atoms with Gasteiger partial charge < -0.3 is 34.8 Å². The highest BCUT2D eigenvalue weighted by atomic mass is 35.5. The van der Waals surface area contributed by atoms with Crippen LogP contribution in [0.15, 0.2) is 12.7 Å². The monoisotopic (exact) mass is 578 g/mol. The number of ether oxygens (including phenoxy) is 3. The van der Waals surface area contributed by atoms with Crippen LogP contribution in [0.3, 0.4) is 0 Å². The quantitative estimate of drug-likeness (QED) is 0.263. The molecule has 11 atom stereocenters. The van der Waals surface area contributed by atoms with E-state index in [4.69, 9.17) is 25.8 Å². The lowest BCUT2D eigenvalue weighted by Gasteiger charge is -2.44. The molecule has 0 aromatic heterocycles. The molecule has 218 valence electrons. The van der Waals surface area contributed by atoms with Gasteiger partial charge in [-0.15, -0.1) is 29.9 Å². The Kier molecular flexibility index (Phi) is 10.8. The molecule has 0 aromatic carbocycles. The average Bonchev–Trinajstić information content (AvgIpc) is 3.07. The molecule has 0 aliphatic carbocycles. The van der Waals surface area contributed by atoms with Gasteiger partial charge in [0.15, 0.2) is 0 Å². The fraction of sp³-hybridized carbons (Fsp3) is 0.846. The first kappa shape index (κ1) is 31.4. The number of carbonyl (C=O) groups excluding carboxylic acids is 2. The van der Waals surface area contributed by atoms with E-state index in [-0.39, 0.29) is 5.92 Å². The van der Waals surface area contributed by atoms with Crippen molar-refractivity contribution in [1.82, 2.24) is 10.2 Å². The van der Waals surface area contributed by atoms with E-state index in [1.807, 2.05) is 6.08 Å². The molecule has 3 aliphatic rings. The van der Waals surface area contributed by atoms with Gasteiger partial charge in [-0.3, -0.25) is 9.69 Å². The van der Waals surface area contributed by atoms with Crippen molar-refractivity contribution in [2.24, 2.45) is 11.8 Å². The minimum atomic E-state index is -1.49. The van der Waals surface area contributed by atoms with E-state index in [9.17, 15) is 24.9 Å². The number of hydrogen-bond donors (Lipinski definition) is 4. The molecule has 2 amide bonds. The molecule has 2 unspecified atom stereocenters. The number of rotatable bonds is 7. The summed E-state index contributed by atoms with van der Waals surface area (Å²) < 4.78 is 17.7. The smallest absolute Gasteiger partial charge is 0.411 e. The molecule has 0 radical (unpaired) electrons. The number of halogens is 1. The van der Waals surface area contributed by atoms with E-state index in [0.717, 1.165) is 19.3 Å². The molecule has 0 spiro atoms. The number of amides is 2. The van der Waals surface area contributed by atoms with Gasteiger partial charge in [0.05, 0.1) is 17.5 Å². The summed E-state index contributed by atoms with van der Waals surface area (Å²) in [6.07, 6.45) is -0.525. The Balaban J connectivity index is 1.88. The third-order valence-corrected chi connectivity index (χ3v) is 8.53. The number of allylic oxidation sites excluding steroid dienone is 1. The summed E-state index contributed by atoms with van der Waals surface area (Å²) in [5, 5.41) is 33.5. The van der Waals surface area contributed by atoms with Gasteiger partial charge in [0.2, 0.25) is 5.91 Å². The predicted molar refractivity (Wildman–Crippen MR) is 145 cm³/mol. The molecule has 0 bridgehead atoms. The van der Waals surface area contributed by atoms with Crippen molar-refractivity contribution in [2.45, 2.75) is 106 Å². The molecule has 3 fully saturated rings. The maximum atomic E-state index is 13.9. The molecule has 0 aromatic rings. The Labute approximate surface area is 234 Å². The standard InChI is InChI=1S/C26H43ClN2O8S/c1-7-8-14-9-10-35-21-15(11-14)12-29(25(34)37-26(3,4)5)17(21)23(33)28-16(13(2)27)22-19(31)18(30)20(32)24(36-22)38-6/h7,13-22,24,30-32H,1,8-12H2,2-6H3,(H,28,33)/t13-,14+,15-,16+,17-,18?,19-,20+,21+,22+,24?/m0/s1. The number of nitrogens with one attached hydrogen (secondary N) is 1. The average molecular weight is 579 g/mol. The highest BCUT2D eigenvalue weighted by Gasteiger charge is 2.53. The summed E-state index contributed by atoms with van der Waals surface area (Å²) in [5.41, 5.74) is -1.58. The Morgan fingerprint density at radius 1 is 1.26 bits per heavy atom. The van der Waals surface area contributed by atoms with E-state index in [2.05, 4.69) is 11.9 Å². The Hall–Kier alpha value is -1.08. The summed E-state index contributed by atoms with van der Waals surface area (Å²) >= 11 is 7.64. The molecule has 38 heavy (non-hydrogen) atoms. The molecule has 4 N–H and O–H groups in total. The number of likely N-dealkylation sites (tertiary alicyclic amines) is 1. The molecule has 12 heteroatoms. The molecular weight excluding hydrogens is 536 g/mol. The zero-order valence-corrected chi connectivity index (χ0v) is 24.4. The van der Waals surface area contributed by atoms with Gasteiger partial charge in [-0.05, 0) is 59.1 Å². The van der Waals surface area contributed by atoms with Gasteiger partial charge in [0.1, 0.15) is 41.5 Å². The zero-order valence-electron chi connectivity index (χ0n) is 22.8. The normalized spacial score (nSPS) is 37.5. The number of carbonyl (C=O) groups is 2. The Morgan fingerprint density at radius 2 is 1.95 bits per heavy atom. The van der Waals surface area contributed by atoms with Crippen LogP contribution in [0.5, 0.6) is 0 Å². The first-order valence-electron chi connectivity index (χ1n) is 13.2. The van der Waals surface area contributed by atoms with Crippen molar-refractivity contribution in [1.29, 1.82) is 0 Å².